The molecule has 0 aromatic heterocycles. The van der Waals surface area contributed by atoms with Crippen LogP contribution >= 0.6 is 0 Å². The summed E-state index contributed by atoms with van der Waals surface area (Å²) in [6.45, 7) is 6.02. The maximum atomic E-state index is 12.7. The second-order valence-electron chi connectivity index (χ2n) is 6.31. The van der Waals surface area contributed by atoms with Gasteiger partial charge < -0.3 is 5.32 Å². The molecule has 2 aromatic rings. The Kier molecular flexibility index (Phi) is 4.38. The van der Waals surface area contributed by atoms with Crippen molar-refractivity contribution in [2.24, 2.45) is 0 Å². The molecule has 1 aliphatic heterocycles. The van der Waals surface area contributed by atoms with Gasteiger partial charge in [0.15, 0.2) is 0 Å². The summed E-state index contributed by atoms with van der Waals surface area (Å²) in [5.41, 5.74) is 4.83. The number of anilines is 2. The van der Waals surface area contributed by atoms with Gasteiger partial charge in [0.05, 0.1) is 12.1 Å². The van der Waals surface area contributed by atoms with Gasteiger partial charge in [-0.15, -0.1) is 0 Å². The number of nitrogens with zero attached hydrogens (tertiary/aromatic N) is 1. The molecule has 3 rings (SSSR count). The highest BCUT2D eigenvalue weighted by atomic mass is 16.2. The van der Waals surface area contributed by atoms with Crippen LogP contribution in [0, 0.1) is 13.8 Å². The quantitative estimate of drug-likeness (QED) is 0.875. The lowest BCUT2D eigenvalue weighted by Crippen LogP contribution is -2.35. The van der Waals surface area contributed by atoms with Gasteiger partial charge in [0.2, 0.25) is 5.91 Å². The number of hydrogen-bond acceptors (Lipinski definition) is 3. The number of amides is 2. The summed E-state index contributed by atoms with van der Waals surface area (Å²) in [5, 5.41) is 3.19. The third-order valence-corrected chi connectivity index (χ3v) is 4.44. The Morgan fingerprint density at radius 1 is 1.08 bits per heavy atom. The van der Waals surface area contributed by atoms with Crippen LogP contribution in [0.3, 0.4) is 0 Å². The topological polar surface area (TPSA) is 49.4 Å². The number of carbonyl (C=O) groups is 2. The SMILES string of the molecule is CCc1ccc(N[C@H]2CC(=O)N(c3ccc(C)cc3C)C2=O)cc1. The first-order valence-corrected chi connectivity index (χ1v) is 8.29. The Hall–Kier alpha value is -2.62. The fraction of sp³-hybridized carbons (Fsp3) is 0.300. The zero-order valence-electron chi connectivity index (χ0n) is 14.3. The fourth-order valence-corrected chi connectivity index (χ4v) is 3.09. The van der Waals surface area contributed by atoms with Gasteiger partial charge in [-0.3, -0.25) is 9.59 Å². The lowest BCUT2D eigenvalue weighted by atomic mass is 10.1. The van der Waals surface area contributed by atoms with Gasteiger partial charge in [-0.25, -0.2) is 4.90 Å². The summed E-state index contributed by atoms with van der Waals surface area (Å²) >= 11 is 0. The molecule has 124 valence electrons. The van der Waals surface area contributed by atoms with Crippen molar-refractivity contribution >= 4 is 23.2 Å². The zero-order chi connectivity index (χ0) is 17.3. The number of imide groups is 1. The number of carbonyl (C=O) groups excluding carboxylic acids is 2. The Labute approximate surface area is 142 Å². The minimum atomic E-state index is -0.509. The van der Waals surface area contributed by atoms with Crippen molar-refractivity contribution in [2.75, 3.05) is 10.2 Å². The normalized spacial score (nSPS) is 17.5. The van der Waals surface area contributed by atoms with Crippen LogP contribution in [0.1, 0.15) is 30.0 Å². The molecule has 0 unspecified atom stereocenters. The standard InChI is InChI=1S/C20H22N2O2/c1-4-15-6-8-16(9-7-15)21-17-12-19(23)22(20(17)24)18-10-5-13(2)11-14(18)3/h5-11,17,21H,4,12H2,1-3H3/t17-/m0/s1. The highest BCUT2D eigenvalue weighted by Crippen LogP contribution is 2.28. The molecule has 1 N–H and O–H groups in total. The van der Waals surface area contributed by atoms with E-state index in [1.165, 1.54) is 10.5 Å². The van der Waals surface area contributed by atoms with E-state index in [1.807, 2.05) is 56.3 Å². The van der Waals surface area contributed by atoms with E-state index in [-0.39, 0.29) is 18.2 Å². The third-order valence-electron chi connectivity index (χ3n) is 4.44. The van der Waals surface area contributed by atoms with Crippen LogP contribution in [0.5, 0.6) is 0 Å². The maximum absolute atomic E-state index is 12.7. The first-order chi connectivity index (χ1) is 11.5. The Morgan fingerprint density at radius 3 is 2.42 bits per heavy atom. The Balaban J connectivity index is 1.80. The fourth-order valence-electron chi connectivity index (χ4n) is 3.09. The Bertz CT molecular complexity index is 781. The van der Waals surface area contributed by atoms with Crippen molar-refractivity contribution in [2.45, 2.75) is 39.7 Å². The van der Waals surface area contributed by atoms with Gasteiger partial charge in [0.1, 0.15) is 6.04 Å². The van der Waals surface area contributed by atoms with Crippen molar-refractivity contribution in [3.05, 3.63) is 59.2 Å². The van der Waals surface area contributed by atoms with E-state index in [9.17, 15) is 9.59 Å². The van der Waals surface area contributed by atoms with E-state index in [4.69, 9.17) is 0 Å². The summed E-state index contributed by atoms with van der Waals surface area (Å²) in [6, 6.07) is 13.2. The largest absolute Gasteiger partial charge is 0.373 e. The number of hydrogen-bond donors (Lipinski definition) is 1. The van der Waals surface area contributed by atoms with Crippen LogP contribution in [-0.4, -0.2) is 17.9 Å². The van der Waals surface area contributed by atoms with Crippen molar-refractivity contribution in [3.8, 4) is 0 Å². The van der Waals surface area contributed by atoms with E-state index < -0.39 is 6.04 Å². The zero-order valence-corrected chi connectivity index (χ0v) is 14.3. The van der Waals surface area contributed by atoms with Crippen molar-refractivity contribution in [1.82, 2.24) is 0 Å². The molecule has 0 aliphatic carbocycles. The summed E-state index contributed by atoms with van der Waals surface area (Å²) in [6.07, 6.45) is 1.16. The van der Waals surface area contributed by atoms with Crippen molar-refractivity contribution in [1.29, 1.82) is 0 Å². The molecule has 2 aromatic carbocycles. The number of aryl methyl sites for hydroxylation is 3. The van der Waals surface area contributed by atoms with Gasteiger partial charge >= 0.3 is 0 Å². The van der Waals surface area contributed by atoms with Crippen LogP contribution in [0.4, 0.5) is 11.4 Å². The molecule has 0 spiro atoms. The van der Waals surface area contributed by atoms with E-state index in [2.05, 4.69) is 12.2 Å². The van der Waals surface area contributed by atoms with Gasteiger partial charge in [0.25, 0.3) is 5.91 Å². The second-order valence-corrected chi connectivity index (χ2v) is 6.31. The molecule has 1 heterocycles. The van der Waals surface area contributed by atoms with Crippen molar-refractivity contribution < 1.29 is 9.59 Å². The molecule has 1 fully saturated rings. The number of rotatable bonds is 4. The summed E-state index contributed by atoms with van der Waals surface area (Å²) in [5.74, 6) is -0.346. The molecule has 1 aliphatic rings. The summed E-state index contributed by atoms with van der Waals surface area (Å²) in [4.78, 5) is 26.4. The molecule has 2 amide bonds. The molecular weight excluding hydrogens is 300 g/mol. The van der Waals surface area contributed by atoms with E-state index in [0.29, 0.717) is 5.69 Å². The summed E-state index contributed by atoms with van der Waals surface area (Å²) in [7, 11) is 0. The van der Waals surface area contributed by atoms with Crippen LogP contribution in [0.25, 0.3) is 0 Å². The predicted octanol–water partition coefficient (Wildman–Crippen LogP) is 3.61. The van der Waals surface area contributed by atoms with Gasteiger partial charge in [0, 0.05) is 5.69 Å². The van der Waals surface area contributed by atoms with E-state index in [1.54, 1.807) is 0 Å². The molecule has 1 saturated heterocycles. The van der Waals surface area contributed by atoms with Crippen LogP contribution in [0.15, 0.2) is 42.5 Å². The average Bonchev–Trinajstić information content (AvgIpc) is 2.83. The van der Waals surface area contributed by atoms with Gasteiger partial charge in [-0.1, -0.05) is 36.8 Å². The lowest BCUT2D eigenvalue weighted by Gasteiger charge is -2.18. The minimum absolute atomic E-state index is 0.158. The monoisotopic (exact) mass is 322 g/mol. The van der Waals surface area contributed by atoms with E-state index in [0.717, 1.165) is 23.2 Å². The lowest BCUT2D eigenvalue weighted by molar-refractivity contribution is -0.121. The summed E-state index contributed by atoms with van der Waals surface area (Å²) < 4.78 is 0. The highest BCUT2D eigenvalue weighted by molar-refractivity contribution is 6.23. The first-order valence-electron chi connectivity index (χ1n) is 8.29. The minimum Gasteiger partial charge on any atom is -0.373 e. The molecular formula is C20H22N2O2. The van der Waals surface area contributed by atoms with Gasteiger partial charge in [-0.2, -0.15) is 0 Å². The van der Waals surface area contributed by atoms with Crippen molar-refractivity contribution in [3.63, 3.8) is 0 Å². The maximum Gasteiger partial charge on any atom is 0.256 e. The number of benzene rings is 2. The molecule has 4 heteroatoms. The predicted molar refractivity (Wildman–Crippen MR) is 96.3 cm³/mol. The van der Waals surface area contributed by atoms with E-state index >= 15 is 0 Å². The third kappa shape index (κ3) is 3.04. The molecule has 0 saturated carbocycles. The average molecular weight is 322 g/mol. The van der Waals surface area contributed by atoms with Crippen LogP contribution in [-0.2, 0) is 16.0 Å². The second kappa shape index (κ2) is 6.48. The smallest absolute Gasteiger partial charge is 0.256 e. The van der Waals surface area contributed by atoms with Crippen LogP contribution < -0.4 is 10.2 Å². The first kappa shape index (κ1) is 16.2. The van der Waals surface area contributed by atoms with Crippen LogP contribution in [0.2, 0.25) is 0 Å². The number of nitrogens with one attached hydrogen (secondary N) is 1. The molecule has 4 nitrogen and oxygen atoms in total. The molecule has 24 heavy (non-hydrogen) atoms. The molecule has 1 atom stereocenters. The highest BCUT2D eigenvalue weighted by Gasteiger charge is 2.40. The Morgan fingerprint density at radius 2 is 1.79 bits per heavy atom. The molecule has 0 bridgehead atoms. The molecule has 0 radical (unpaired) electrons. The van der Waals surface area contributed by atoms with Gasteiger partial charge in [-0.05, 0) is 49.6 Å².